The van der Waals surface area contributed by atoms with Gasteiger partial charge in [-0.15, -0.1) is 0 Å². The zero-order valence-electron chi connectivity index (χ0n) is 18.6. The van der Waals surface area contributed by atoms with E-state index in [0.717, 1.165) is 36.8 Å². The highest BCUT2D eigenvalue weighted by Crippen LogP contribution is 2.37. The van der Waals surface area contributed by atoms with Crippen molar-refractivity contribution in [2.24, 2.45) is 0 Å². The van der Waals surface area contributed by atoms with Crippen LogP contribution in [0.5, 0.6) is 5.75 Å². The second-order valence-corrected chi connectivity index (χ2v) is 8.69. The molecule has 32 heavy (non-hydrogen) atoms. The molecular formula is C28H29FO3. The minimum absolute atomic E-state index is 0.0924. The Bertz CT molecular complexity index is 1090. The predicted molar refractivity (Wildman–Crippen MR) is 124 cm³/mol. The number of hydrogen-bond acceptors (Lipinski definition) is 3. The first-order valence-corrected chi connectivity index (χ1v) is 11.3. The Morgan fingerprint density at radius 1 is 1.03 bits per heavy atom. The number of fused-ring (bicyclic) bond motifs is 1. The maximum Gasteiger partial charge on any atom is 0.344 e. The summed E-state index contributed by atoms with van der Waals surface area (Å²) in [6, 6.07) is 21.2. The molecule has 0 aromatic heterocycles. The van der Waals surface area contributed by atoms with Gasteiger partial charge in [0, 0.05) is 0 Å². The Balaban J connectivity index is 1.50. The van der Waals surface area contributed by atoms with Gasteiger partial charge in [0.15, 0.2) is 6.61 Å². The van der Waals surface area contributed by atoms with E-state index in [1.807, 2.05) is 38.1 Å². The van der Waals surface area contributed by atoms with E-state index in [1.54, 1.807) is 12.1 Å². The minimum atomic E-state index is -0.364. The SMILES string of the molecule is CC(C)OC(=O)COc1cccc(CC2CCCc3ccc(-c4cccc(F)c4)cc32)c1. The number of benzene rings is 3. The van der Waals surface area contributed by atoms with E-state index in [-0.39, 0.29) is 24.5 Å². The Labute approximate surface area is 189 Å². The molecule has 3 nitrogen and oxygen atoms in total. The monoisotopic (exact) mass is 432 g/mol. The van der Waals surface area contributed by atoms with Gasteiger partial charge in [-0.3, -0.25) is 0 Å². The zero-order valence-corrected chi connectivity index (χ0v) is 18.6. The van der Waals surface area contributed by atoms with Crippen LogP contribution in [-0.4, -0.2) is 18.7 Å². The molecule has 0 N–H and O–H groups in total. The fourth-order valence-corrected chi connectivity index (χ4v) is 4.44. The van der Waals surface area contributed by atoms with Gasteiger partial charge < -0.3 is 9.47 Å². The van der Waals surface area contributed by atoms with Gasteiger partial charge in [0.25, 0.3) is 0 Å². The van der Waals surface area contributed by atoms with Crippen LogP contribution in [0.15, 0.2) is 66.7 Å². The summed E-state index contributed by atoms with van der Waals surface area (Å²) in [5.41, 5.74) is 5.86. The normalized spacial score (nSPS) is 15.3. The Kier molecular flexibility index (Phi) is 6.89. The lowest BCUT2D eigenvalue weighted by atomic mass is 9.78. The second-order valence-electron chi connectivity index (χ2n) is 8.69. The fourth-order valence-electron chi connectivity index (χ4n) is 4.44. The summed E-state index contributed by atoms with van der Waals surface area (Å²) in [7, 11) is 0. The first-order chi connectivity index (χ1) is 15.5. The number of carbonyl (C=O) groups is 1. The van der Waals surface area contributed by atoms with Crippen molar-refractivity contribution in [3.63, 3.8) is 0 Å². The summed E-state index contributed by atoms with van der Waals surface area (Å²) in [6.07, 6.45) is 4.10. The molecule has 0 heterocycles. The molecule has 1 unspecified atom stereocenters. The molecular weight excluding hydrogens is 403 g/mol. The smallest absolute Gasteiger partial charge is 0.344 e. The molecule has 0 saturated heterocycles. The summed E-state index contributed by atoms with van der Waals surface area (Å²) in [4.78, 5) is 11.8. The molecule has 0 spiro atoms. The van der Waals surface area contributed by atoms with E-state index in [0.29, 0.717) is 11.7 Å². The number of ether oxygens (including phenoxy) is 2. The summed E-state index contributed by atoms with van der Waals surface area (Å²) in [5.74, 6) is 0.489. The van der Waals surface area contributed by atoms with E-state index < -0.39 is 0 Å². The number of halogens is 1. The number of rotatable bonds is 7. The van der Waals surface area contributed by atoms with Crippen LogP contribution in [0.1, 0.15) is 49.3 Å². The molecule has 3 aromatic rings. The lowest BCUT2D eigenvalue weighted by molar-refractivity contribution is -0.149. The van der Waals surface area contributed by atoms with Crippen molar-refractivity contribution >= 4 is 5.97 Å². The summed E-state index contributed by atoms with van der Waals surface area (Å²) < 4.78 is 24.5. The molecule has 4 rings (SSSR count). The Morgan fingerprint density at radius 3 is 2.66 bits per heavy atom. The van der Waals surface area contributed by atoms with Crippen LogP contribution in [0.3, 0.4) is 0 Å². The summed E-state index contributed by atoms with van der Waals surface area (Å²) >= 11 is 0. The number of aryl methyl sites for hydroxylation is 1. The second kappa shape index (κ2) is 9.99. The molecule has 1 atom stereocenters. The molecule has 0 saturated carbocycles. The fraction of sp³-hybridized carbons (Fsp3) is 0.321. The highest BCUT2D eigenvalue weighted by atomic mass is 19.1. The van der Waals surface area contributed by atoms with Crippen LogP contribution in [0, 0.1) is 5.82 Å². The van der Waals surface area contributed by atoms with Gasteiger partial charge in [0.1, 0.15) is 11.6 Å². The van der Waals surface area contributed by atoms with Crippen LogP contribution in [0.2, 0.25) is 0 Å². The van der Waals surface area contributed by atoms with Gasteiger partial charge in [-0.05, 0) is 97.5 Å². The van der Waals surface area contributed by atoms with Crippen molar-refractivity contribution in [2.45, 2.75) is 51.6 Å². The van der Waals surface area contributed by atoms with Gasteiger partial charge >= 0.3 is 5.97 Å². The molecule has 1 aliphatic carbocycles. The van der Waals surface area contributed by atoms with Crippen molar-refractivity contribution in [3.05, 3.63) is 89.2 Å². The van der Waals surface area contributed by atoms with Gasteiger partial charge in [0.2, 0.25) is 0 Å². The van der Waals surface area contributed by atoms with E-state index in [1.165, 1.54) is 22.8 Å². The van der Waals surface area contributed by atoms with Gasteiger partial charge in [-0.1, -0.05) is 42.5 Å². The van der Waals surface area contributed by atoms with E-state index >= 15 is 0 Å². The quantitative estimate of drug-likeness (QED) is 0.401. The molecule has 166 valence electrons. The molecule has 0 bridgehead atoms. The van der Waals surface area contributed by atoms with E-state index in [9.17, 15) is 9.18 Å². The van der Waals surface area contributed by atoms with Crippen LogP contribution in [0.4, 0.5) is 4.39 Å². The molecule has 4 heteroatoms. The molecule has 0 amide bonds. The zero-order chi connectivity index (χ0) is 22.5. The van der Waals surface area contributed by atoms with Crippen molar-refractivity contribution in [1.29, 1.82) is 0 Å². The summed E-state index contributed by atoms with van der Waals surface area (Å²) in [6.45, 7) is 3.55. The van der Waals surface area contributed by atoms with E-state index in [4.69, 9.17) is 9.47 Å². The number of esters is 1. The summed E-state index contributed by atoms with van der Waals surface area (Å²) in [5, 5.41) is 0. The molecule has 1 aliphatic rings. The number of hydrogen-bond donors (Lipinski definition) is 0. The maximum atomic E-state index is 13.7. The minimum Gasteiger partial charge on any atom is -0.482 e. The first kappa shape index (κ1) is 22.1. The largest absolute Gasteiger partial charge is 0.482 e. The topological polar surface area (TPSA) is 35.5 Å². The van der Waals surface area contributed by atoms with Crippen LogP contribution < -0.4 is 4.74 Å². The third-order valence-corrected chi connectivity index (χ3v) is 5.85. The van der Waals surface area contributed by atoms with Gasteiger partial charge in [0.05, 0.1) is 6.10 Å². The maximum absolute atomic E-state index is 13.7. The predicted octanol–water partition coefficient (Wildman–Crippen LogP) is 6.49. The van der Waals surface area contributed by atoms with Crippen LogP contribution >= 0.6 is 0 Å². The number of carbonyl (C=O) groups excluding carboxylic acids is 1. The highest BCUT2D eigenvalue weighted by molar-refractivity contribution is 5.71. The van der Waals surface area contributed by atoms with Crippen LogP contribution in [0.25, 0.3) is 11.1 Å². The molecule has 0 fully saturated rings. The van der Waals surface area contributed by atoms with Crippen molar-refractivity contribution in [3.8, 4) is 16.9 Å². The van der Waals surface area contributed by atoms with Crippen molar-refractivity contribution in [2.75, 3.05) is 6.61 Å². The third-order valence-electron chi connectivity index (χ3n) is 5.85. The van der Waals surface area contributed by atoms with Crippen molar-refractivity contribution in [1.82, 2.24) is 0 Å². The Hall–Kier alpha value is -3.14. The van der Waals surface area contributed by atoms with Gasteiger partial charge in [-0.25, -0.2) is 9.18 Å². The molecule has 0 aliphatic heterocycles. The Morgan fingerprint density at radius 2 is 1.84 bits per heavy atom. The lowest BCUT2D eigenvalue weighted by Crippen LogP contribution is -2.18. The lowest BCUT2D eigenvalue weighted by Gasteiger charge is -2.26. The highest BCUT2D eigenvalue weighted by Gasteiger charge is 2.21. The standard InChI is InChI=1S/C28H29FO3/c1-19(2)32-28(30)18-31-26-11-3-6-20(15-26)14-24-9-4-7-21-12-13-23(17-27(21)24)22-8-5-10-25(29)16-22/h3,5-6,8,10-13,15-17,19,24H,4,7,9,14,18H2,1-2H3. The average molecular weight is 433 g/mol. The third kappa shape index (κ3) is 5.56. The van der Waals surface area contributed by atoms with E-state index in [2.05, 4.69) is 24.3 Å². The molecule has 0 radical (unpaired) electrons. The first-order valence-electron chi connectivity index (χ1n) is 11.3. The molecule has 3 aromatic carbocycles. The van der Waals surface area contributed by atoms with Crippen molar-refractivity contribution < 1.29 is 18.7 Å². The van der Waals surface area contributed by atoms with Crippen LogP contribution in [-0.2, 0) is 22.4 Å². The average Bonchev–Trinajstić information content (AvgIpc) is 2.77. The van der Waals surface area contributed by atoms with Gasteiger partial charge in [-0.2, -0.15) is 0 Å².